The molecule has 4 aliphatic rings. The molecule has 1 fully saturated rings. The normalized spacial score (nSPS) is 32.2. The number of ether oxygens (including phenoxy) is 2. The van der Waals surface area contributed by atoms with Gasteiger partial charge in [0.1, 0.15) is 18.6 Å². The molecule has 2 aliphatic heterocycles. The predicted octanol–water partition coefficient (Wildman–Crippen LogP) is 5.47. The first kappa shape index (κ1) is 31.1. The Kier molecular flexibility index (Phi) is 8.83. The van der Waals surface area contributed by atoms with Gasteiger partial charge in [0.15, 0.2) is 0 Å². The Bertz CT molecular complexity index is 1560. The molecule has 2 heterocycles. The first-order valence-electron chi connectivity index (χ1n) is 15.7. The van der Waals surface area contributed by atoms with E-state index in [1.165, 1.54) is 11.1 Å². The lowest BCUT2D eigenvalue weighted by Crippen LogP contribution is -2.49. The molecule has 1 amide bonds. The third-order valence-corrected chi connectivity index (χ3v) is 12.5. The SMILES string of the molecule is C[C@@H]1[C@@H](C)C/C=C\[C@H](OCC=O)[C@@H]2CC[C@H]2CN2C[C@@]3(CCCc4cc(Cl)ccc43)COc3ccc(cc32)C(=O)NS1(=O)=O. The van der Waals surface area contributed by atoms with Crippen LogP contribution in [-0.4, -0.2) is 58.3 Å². The second-order valence-electron chi connectivity index (χ2n) is 13.1. The van der Waals surface area contributed by atoms with Crippen molar-refractivity contribution >= 4 is 39.5 Å². The van der Waals surface area contributed by atoms with E-state index in [1.54, 1.807) is 25.1 Å². The molecule has 2 bridgehead atoms. The lowest BCUT2D eigenvalue weighted by Gasteiger charge is -2.46. The quantitative estimate of drug-likeness (QED) is 0.351. The molecule has 236 valence electrons. The van der Waals surface area contributed by atoms with Crippen LogP contribution in [-0.2, 0) is 31.4 Å². The van der Waals surface area contributed by atoms with Crippen LogP contribution < -0.4 is 14.4 Å². The Labute approximate surface area is 265 Å². The fourth-order valence-electron chi connectivity index (χ4n) is 7.47. The van der Waals surface area contributed by atoms with E-state index in [4.69, 9.17) is 21.1 Å². The summed E-state index contributed by atoms with van der Waals surface area (Å²) in [4.78, 5) is 27.0. The van der Waals surface area contributed by atoms with E-state index in [1.807, 2.05) is 25.1 Å². The molecule has 1 spiro atoms. The van der Waals surface area contributed by atoms with Crippen molar-refractivity contribution in [2.75, 3.05) is 31.2 Å². The number of rotatable bonds is 3. The summed E-state index contributed by atoms with van der Waals surface area (Å²) in [5, 5.41) is -0.0696. The molecule has 1 N–H and O–H groups in total. The van der Waals surface area contributed by atoms with E-state index < -0.39 is 21.2 Å². The summed E-state index contributed by atoms with van der Waals surface area (Å²) >= 11 is 6.40. The summed E-state index contributed by atoms with van der Waals surface area (Å²) in [7, 11) is -3.94. The Morgan fingerprint density at radius 2 is 2.02 bits per heavy atom. The number of hydrogen-bond acceptors (Lipinski definition) is 7. The summed E-state index contributed by atoms with van der Waals surface area (Å²) < 4.78 is 41.4. The Hall–Kier alpha value is -2.88. The maximum Gasteiger partial charge on any atom is 0.264 e. The van der Waals surface area contributed by atoms with Gasteiger partial charge in [-0.15, -0.1) is 0 Å². The van der Waals surface area contributed by atoms with Crippen molar-refractivity contribution < 1.29 is 27.5 Å². The summed E-state index contributed by atoms with van der Waals surface area (Å²) in [6, 6.07) is 11.4. The first-order chi connectivity index (χ1) is 21.1. The zero-order valence-corrected chi connectivity index (χ0v) is 26.9. The van der Waals surface area contributed by atoms with E-state index in [2.05, 4.69) is 21.8 Å². The number of nitrogens with zero attached hydrogens (tertiary/aromatic N) is 1. The minimum absolute atomic E-state index is 0.0107. The fourth-order valence-corrected chi connectivity index (χ4v) is 8.95. The minimum Gasteiger partial charge on any atom is -0.490 e. The molecule has 2 aliphatic carbocycles. The minimum atomic E-state index is -3.94. The summed E-state index contributed by atoms with van der Waals surface area (Å²) in [6.45, 7) is 5.39. The molecular weight excluding hydrogens is 600 g/mol. The Balaban J connectivity index is 1.43. The Morgan fingerprint density at radius 1 is 1.18 bits per heavy atom. The highest BCUT2D eigenvalue weighted by molar-refractivity contribution is 7.90. The summed E-state index contributed by atoms with van der Waals surface area (Å²) in [6.07, 6.45) is 9.94. The van der Waals surface area contributed by atoms with E-state index in [0.29, 0.717) is 31.2 Å². The van der Waals surface area contributed by atoms with Crippen LogP contribution in [0.3, 0.4) is 0 Å². The number of carbonyl (C=O) groups excluding carboxylic acids is 2. The standard InChI is InChI=1S/C34H41ClN2O6S/c1-22-5-3-7-31(42-16-15-38)28-11-8-26(28)19-37-20-34(14-4-6-24-17-27(35)10-12-29(24)34)21-43-32-13-9-25(18-30(32)37)33(39)36-44(40,41)23(22)2/h3,7,9-10,12-13,15,17-18,22-23,26,28,31H,4-6,8,11,14,16,19-21H2,1-2H3,(H,36,39)/b7-3-/t22-,23+,26-,28+,31-,34-/m0/s1. The van der Waals surface area contributed by atoms with Crippen molar-refractivity contribution in [3.63, 3.8) is 0 Å². The highest BCUT2D eigenvalue weighted by atomic mass is 35.5. The molecule has 0 unspecified atom stereocenters. The number of allylic oxidation sites excluding steroid dienone is 1. The van der Waals surface area contributed by atoms with Crippen molar-refractivity contribution in [3.8, 4) is 5.75 Å². The number of hydrogen-bond donors (Lipinski definition) is 1. The van der Waals surface area contributed by atoms with Gasteiger partial charge in [0.05, 0.1) is 23.6 Å². The second-order valence-corrected chi connectivity index (χ2v) is 15.5. The highest BCUT2D eigenvalue weighted by Crippen LogP contribution is 2.47. The van der Waals surface area contributed by atoms with Crippen LogP contribution in [0.15, 0.2) is 48.6 Å². The predicted molar refractivity (Wildman–Crippen MR) is 171 cm³/mol. The number of benzene rings is 2. The summed E-state index contributed by atoms with van der Waals surface area (Å²) in [5.41, 5.74) is 3.28. The van der Waals surface area contributed by atoms with E-state index in [-0.39, 0.29) is 35.5 Å². The number of halogens is 1. The largest absolute Gasteiger partial charge is 0.490 e. The number of amides is 1. The molecule has 2 aromatic carbocycles. The molecular formula is C34H41ClN2O6S. The fraction of sp³-hybridized carbons (Fsp3) is 0.529. The third kappa shape index (κ3) is 6.03. The van der Waals surface area contributed by atoms with E-state index in [9.17, 15) is 18.0 Å². The highest BCUT2D eigenvalue weighted by Gasteiger charge is 2.44. The molecule has 2 aromatic rings. The van der Waals surface area contributed by atoms with Crippen LogP contribution in [0.1, 0.15) is 67.4 Å². The number of carbonyl (C=O) groups is 2. The van der Waals surface area contributed by atoms with Gasteiger partial charge >= 0.3 is 0 Å². The molecule has 6 rings (SSSR count). The molecule has 6 atom stereocenters. The van der Waals surface area contributed by atoms with Crippen LogP contribution in [0.25, 0.3) is 0 Å². The number of sulfonamides is 1. The van der Waals surface area contributed by atoms with Crippen LogP contribution in [0.2, 0.25) is 5.02 Å². The lowest BCUT2D eigenvalue weighted by atomic mass is 9.68. The van der Waals surface area contributed by atoms with Crippen LogP contribution >= 0.6 is 11.6 Å². The molecule has 10 heteroatoms. The number of nitrogens with one attached hydrogen (secondary N) is 1. The van der Waals surface area contributed by atoms with Gasteiger partial charge in [-0.1, -0.05) is 36.7 Å². The van der Waals surface area contributed by atoms with Crippen LogP contribution in [0.5, 0.6) is 5.75 Å². The van der Waals surface area contributed by atoms with Gasteiger partial charge in [0.2, 0.25) is 10.0 Å². The van der Waals surface area contributed by atoms with Gasteiger partial charge in [-0.2, -0.15) is 0 Å². The van der Waals surface area contributed by atoms with Gasteiger partial charge in [-0.25, -0.2) is 13.1 Å². The zero-order chi connectivity index (χ0) is 31.1. The van der Waals surface area contributed by atoms with Crippen molar-refractivity contribution in [1.29, 1.82) is 0 Å². The zero-order valence-electron chi connectivity index (χ0n) is 25.3. The number of anilines is 1. The van der Waals surface area contributed by atoms with Crippen molar-refractivity contribution in [1.82, 2.24) is 4.72 Å². The monoisotopic (exact) mass is 640 g/mol. The average Bonchev–Trinajstić information content (AvgIpc) is 3.13. The van der Waals surface area contributed by atoms with Gasteiger partial charge in [0, 0.05) is 29.1 Å². The number of fused-ring (bicyclic) bond motifs is 4. The van der Waals surface area contributed by atoms with Crippen molar-refractivity contribution in [3.05, 3.63) is 70.3 Å². The molecule has 1 saturated carbocycles. The molecule has 0 radical (unpaired) electrons. The van der Waals surface area contributed by atoms with Crippen LogP contribution in [0, 0.1) is 17.8 Å². The maximum absolute atomic E-state index is 13.4. The summed E-state index contributed by atoms with van der Waals surface area (Å²) in [5.74, 6) is 0.302. The average molecular weight is 641 g/mol. The molecule has 0 saturated heterocycles. The van der Waals surface area contributed by atoms with Gasteiger partial charge in [-0.05, 0) is 105 Å². The molecule has 8 nitrogen and oxygen atoms in total. The molecule has 44 heavy (non-hydrogen) atoms. The third-order valence-electron chi connectivity index (χ3n) is 10.4. The van der Waals surface area contributed by atoms with Crippen molar-refractivity contribution in [2.24, 2.45) is 17.8 Å². The van der Waals surface area contributed by atoms with Crippen LogP contribution in [0.4, 0.5) is 5.69 Å². The van der Waals surface area contributed by atoms with Gasteiger partial charge in [0.25, 0.3) is 5.91 Å². The lowest BCUT2D eigenvalue weighted by molar-refractivity contribution is -0.115. The number of aldehydes is 1. The van der Waals surface area contributed by atoms with Gasteiger partial charge in [-0.3, -0.25) is 4.79 Å². The Morgan fingerprint density at radius 3 is 2.80 bits per heavy atom. The number of aryl methyl sites for hydroxylation is 1. The van der Waals surface area contributed by atoms with Crippen molar-refractivity contribution in [2.45, 2.75) is 69.1 Å². The van der Waals surface area contributed by atoms with E-state index >= 15 is 0 Å². The topological polar surface area (TPSA) is 102 Å². The smallest absolute Gasteiger partial charge is 0.264 e. The van der Waals surface area contributed by atoms with E-state index in [0.717, 1.165) is 55.6 Å². The molecule has 0 aromatic heterocycles. The first-order valence-corrected chi connectivity index (χ1v) is 17.6. The maximum atomic E-state index is 13.4. The van der Waals surface area contributed by atoms with Gasteiger partial charge < -0.3 is 19.2 Å². The second kappa shape index (κ2) is 12.5.